The van der Waals surface area contributed by atoms with E-state index in [2.05, 4.69) is 29.0 Å². The first-order valence-corrected chi connectivity index (χ1v) is 9.57. The van der Waals surface area contributed by atoms with E-state index in [1.165, 1.54) is 69.7 Å². The second-order valence-corrected chi connectivity index (χ2v) is 8.05. The van der Waals surface area contributed by atoms with E-state index in [-0.39, 0.29) is 5.60 Å². The highest BCUT2D eigenvalue weighted by atomic mass is 32.2. The molecule has 3 rings (SSSR count). The van der Waals surface area contributed by atoms with Crippen LogP contribution in [0.4, 0.5) is 0 Å². The van der Waals surface area contributed by atoms with Crippen molar-refractivity contribution in [3.05, 3.63) is 0 Å². The standard InChI is InChI=1S/C16H30N2OS/c1-17-13-14-2-7-18(8-3-14)15-4-9-19-16(12-15)5-10-20-11-6-16/h14-15,17H,2-13H2,1H3. The van der Waals surface area contributed by atoms with Crippen LogP contribution >= 0.6 is 11.8 Å². The van der Waals surface area contributed by atoms with Gasteiger partial charge < -0.3 is 15.0 Å². The third kappa shape index (κ3) is 3.52. The van der Waals surface area contributed by atoms with Gasteiger partial charge in [-0.2, -0.15) is 11.8 Å². The quantitative estimate of drug-likeness (QED) is 0.864. The Balaban J connectivity index is 1.52. The summed E-state index contributed by atoms with van der Waals surface area (Å²) in [5, 5.41) is 3.34. The molecule has 1 spiro atoms. The molecular weight excluding hydrogens is 268 g/mol. The van der Waals surface area contributed by atoms with Crippen LogP contribution in [0.2, 0.25) is 0 Å². The Morgan fingerprint density at radius 2 is 1.95 bits per heavy atom. The van der Waals surface area contributed by atoms with Crippen LogP contribution in [-0.2, 0) is 4.74 Å². The predicted molar refractivity (Wildman–Crippen MR) is 86.5 cm³/mol. The van der Waals surface area contributed by atoms with E-state index >= 15 is 0 Å². The molecule has 3 aliphatic rings. The monoisotopic (exact) mass is 298 g/mol. The number of piperidine rings is 1. The van der Waals surface area contributed by atoms with Crippen LogP contribution in [0, 0.1) is 5.92 Å². The third-order valence-electron chi connectivity index (χ3n) is 5.53. The summed E-state index contributed by atoms with van der Waals surface area (Å²) in [5.41, 5.74) is 0.246. The highest BCUT2D eigenvalue weighted by molar-refractivity contribution is 7.99. The maximum atomic E-state index is 6.24. The van der Waals surface area contributed by atoms with E-state index in [4.69, 9.17) is 4.74 Å². The van der Waals surface area contributed by atoms with Crippen LogP contribution in [0.25, 0.3) is 0 Å². The Kier molecular flexibility index (Phi) is 5.29. The van der Waals surface area contributed by atoms with Crippen molar-refractivity contribution >= 4 is 11.8 Å². The number of ether oxygens (including phenoxy) is 1. The van der Waals surface area contributed by atoms with Gasteiger partial charge in [-0.3, -0.25) is 0 Å². The van der Waals surface area contributed by atoms with Crippen LogP contribution in [0.15, 0.2) is 0 Å². The lowest BCUT2D eigenvalue weighted by atomic mass is 9.83. The topological polar surface area (TPSA) is 24.5 Å². The fourth-order valence-corrected chi connectivity index (χ4v) is 5.45. The molecule has 0 amide bonds. The van der Waals surface area contributed by atoms with Crippen molar-refractivity contribution < 1.29 is 4.74 Å². The molecule has 116 valence electrons. The number of rotatable bonds is 3. The van der Waals surface area contributed by atoms with Crippen molar-refractivity contribution in [3.8, 4) is 0 Å². The first-order chi connectivity index (χ1) is 9.81. The summed E-state index contributed by atoms with van der Waals surface area (Å²) in [4.78, 5) is 2.78. The van der Waals surface area contributed by atoms with Crippen molar-refractivity contribution in [1.82, 2.24) is 10.2 Å². The summed E-state index contributed by atoms with van der Waals surface area (Å²) in [6, 6.07) is 0.794. The van der Waals surface area contributed by atoms with Crippen LogP contribution in [-0.4, -0.2) is 61.3 Å². The van der Waals surface area contributed by atoms with Gasteiger partial charge in [-0.05, 0) is 82.6 Å². The molecule has 1 N–H and O–H groups in total. The van der Waals surface area contributed by atoms with Crippen molar-refractivity contribution in [3.63, 3.8) is 0 Å². The van der Waals surface area contributed by atoms with Crippen LogP contribution in [0.3, 0.4) is 0 Å². The van der Waals surface area contributed by atoms with Crippen molar-refractivity contribution in [2.75, 3.05) is 44.8 Å². The number of nitrogens with one attached hydrogen (secondary N) is 1. The largest absolute Gasteiger partial charge is 0.375 e. The lowest BCUT2D eigenvalue weighted by Gasteiger charge is -2.47. The number of hydrogen-bond donors (Lipinski definition) is 1. The lowest BCUT2D eigenvalue weighted by Crippen LogP contribution is -2.52. The Morgan fingerprint density at radius 1 is 1.20 bits per heavy atom. The highest BCUT2D eigenvalue weighted by Gasteiger charge is 2.40. The molecule has 3 nitrogen and oxygen atoms in total. The zero-order chi connectivity index (χ0) is 13.8. The van der Waals surface area contributed by atoms with Crippen LogP contribution in [0.5, 0.6) is 0 Å². The van der Waals surface area contributed by atoms with Gasteiger partial charge in [0.2, 0.25) is 0 Å². The molecule has 3 heterocycles. The molecule has 0 aromatic carbocycles. The molecule has 1 unspecified atom stereocenters. The first kappa shape index (κ1) is 15.1. The Bertz CT molecular complexity index is 293. The minimum atomic E-state index is 0.246. The van der Waals surface area contributed by atoms with E-state index in [1.807, 2.05) is 0 Å². The molecule has 0 bridgehead atoms. The SMILES string of the molecule is CNCC1CCN(C2CCOC3(CCSCC3)C2)CC1. The Labute approximate surface area is 128 Å². The zero-order valence-electron chi connectivity index (χ0n) is 12.9. The van der Waals surface area contributed by atoms with Gasteiger partial charge in [0.25, 0.3) is 0 Å². The molecule has 0 aromatic heterocycles. The van der Waals surface area contributed by atoms with Gasteiger partial charge in [0.1, 0.15) is 0 Å². The average Bonchev–Trinajstić information content (AvgIpc) is 2.49. The smallest absolute Gasteiger partial charge is 0.0713 e. The molecule has 4 heteroatoms. The number of hydrogen-bond acceptors (Lipinski definition) is 4. The molecule has 3 saturated heterocycles. The summed E-state index contributed by atoms with van der Waals surface area (Å²) < 4.78 is 6.24. The summed E-state index contributed by atoms with van der Waals surface area (Å²) in [6.07, 6.45) is 7.87. The molecule has 0 aliphatic carbocycles. The van der Waals surface area contributed by atoms with E-state index in [0.717, 1.165) is 18.6 Å². The van der Waals surface area contributed by atoms with Gasteiger partial charge in [0.15, 0.2) is 0 Å². The minimum absolute atomic E-state index is 0.246. The number of likely N-dealkylation sites (tertiary alicyclic amines) is 1. The molecule has 0 aromatic rings. The Morgan fingerprint density at radius 3 is 2.65 bits per heavy atom. The average molecular weight is 298 g/mol. The Hall–Kier alpha value is 0.230. The molecule has 0 saturated carbocycles. The maximum absolute atomic E-state index is 6.24. The van der Waals surface area contributed by atoms with Gasteiger partial charge in [-0.25, -0.2) is 0 Å². The predicted octanol–water partition coefficient (Wildman–Crippen LogP) is 2.36. The second-order valence-electron chi connectivity index (χ2n) is 6.83. The van der Waals surface area contributed by atoms with Gasteiger partial charge in [0.05, 0.1) is 5.60 Å². The van der Waals surface area contributed by atoms with Crippen LogP contribution < -0.4 is 5.32 Å². The normalized spacial score (nSPS) is 32.5. The summed E-state index contributed by atoms with van der Waals surface area (Å²) in [6.45, 7) is 4.80. The van der Waals surface area contributed by atoms with Crippen LogP contribution in [0.1, 0.15) is 38.5 Å². The van der Waals surface area contributed by atoms with Crippen molar-refractivity contribution in [2.45, 2.75) is 50.2 Å². The van der Waals surface area contributed by atoms with Crippen molar-refractivity contribution in [1.29, 1.82) is 0 Å². The van der Waals surface area contributed by atoms with Gasteiger partial charge in [-0.15, -0.1) is 0 Å². The zero-order valence-corrected chi connectivity index (χ0v) is 13.7. The fourth-order valence-electron chi connectivity index (χ4n) is 4.22. The summed E-state index contributed by atoms with van der Waals surface area (Å²) in [5.74, 6) is 3.50. The van der Waals surface area contributed by atoms with Gasteiger partial charge in [-0.1, -0.05) is 0 Å². The lowest BCUT2D eigenvalue weighted by molar-refractivity contribution is -0.113. The molecule has 3 fully saturated rings. The first-order valence-electron chi connectivity index (χ1n) is 8.42. The number of thioether (sulfide) groups is 1. The molecule has 3 aliphatic heterocycles. The molecule has 0 radical (unpaired) electrons. The van der Waals surface area contributed by atoms with Gasteiger partial charge in [0, 0.05) is 12.6 Å². The molecule has 1 atom stereocenters. The number of nitrogens with zero attached hydrogens (tertiary/aromatic N) is 1. The van der Waals surface area contributed by atoms with Crippen molar-refractivity contribution in [2.24, 2.45) is 5.92 Å². The van der Waals surface area contributed by atoms with E-state index in [9.17, 15) is 0 Å². The minimum Gasteiger partial charge on any atom is -0.375 e. The molecular formula is C16H30N2OS. The maximum Gasteiger partial charge on any atom is 0.0713 e. The second kappa shape index (κ2) is 6.99. The van der Waals surface area contributed by atoms with E-state index < -0.39 is 0 Å². The fraction of sp³-hybridized carbons (Fsp3) is 1.00. The highest BCUT2D eigenvalue weighted by Crippen LogP contribution is 2.39. The summed E-state index contributed by atoms with van der Waals surface area (Å²) in [7, 11) is 2.08. The van der Waals surface area contributed by atoms with E-state index in [0.29, 0.717) is 0 Å². The van der Waals surface area contributed by atoms with Gasteiger partial charge >= 0.3 is 0 Å². The third-order valence-corrected chi connectivity index (χ3v) is 6.51. The molecule has 20 heavy (non-hydrogen) atoms. The summed E-state index contributed by atoms with van der Waals surface area (Å²) >= 11 is 2.10. The van der Waals surface area contributed by atoms with E-state index in [1.54, 1.807) is 0 Å².